The van der Waals surface area contributed by atoms with E-state index in [0.717, 1.165) is 45.6 Å². The molecule has 1 heterocycles. The van der Waals surface area contributed by atoms with Gasteiger partial charge in [0.2, 0.25) is 0 Å². The highest BCUT2D eigenvalue weighted by atomic mass is 16.4. The smallest absolute Gasteiger partial charge is 0.320 e. The minimum Gasteiger partial charge on any atom is -0.480 e. The van der Waals surface area contributed by atoms with Gasteiger partial charge in [0.15, 0.2) is 0 Å². The van der Waals surface area contributed by atoms with Crippen LogP contribution < -0.4 is 5.32 Å². The van der Waals surface area contributed by atoms with E-state index in [1.165, 1.54) is 0 Å². The van der Waals surface area contributed by atoms with Crippen LogP contribution in [0.15, 0.2) is 0 Å². The van der Waals surface area contributed by atoms with Gasteiger partial charge in [0.1, 0.15) is 6.04 Å². The highest BCUT2D eigenvalue weighted by Crippen LogP contribution is 2.05. The maximum atomic E-state index is 11.0. The monoisotopic (exact) mass is 273 g/mol. The molecule has 0 aliphatic carbocycles. The normalized spacial score (nSPS) is 19.5. The molecular formula is C13H27N3O3. The Hall–Kier alpha value is -0.690. The van der Waals surface area contributed by atoms with E-state index in [4.69, 9.17) is 10.2 Å². The predicted octanol–water partition coefficient (Wildman–Crippen LogP) is -0.561. The Kier molecular flexibility index (Phi) is 7.97. The summed E-state index contributed by atoms with van der Waals surface area (Å²) in [4.78, 5) is 15.7. The van der Waals surface area contributed by atoms with Crippen LogP contribution in [0.3, 0.4) is 0 Å². The molecule has 0 spiro atoms. The summed E-state index contributed by atoms with van der Waals surface area (Å²) in [6, 6.07) is -0.528. The van der Waals surface area contributed by atoms with Crippen molar-refractivity contribution in [2.24, 2.45) is 0 Å². The first-order chi connectivity index (χ1) is 9.13. The average Bonchev–Trinajstić information content (AvgIpc) is 2.39. The third-order valence-electron chi connectivity index (χ3n) is 3.61. The van der Waals surface area contributed by atoms with Crippen molar-refractivity contribution in [2.45, 2.75) is 25.3 Å². The van der Waals surface area contributed by atoms with Crippen molar-refractivity contribution in [1.82, 2.24) is 15.1 Å². The number of unbranched alkanes of at least 4 members (excludes halogenated alkanes) is 1. The molecule has 6 heteroatoms. The quantitative estimate of drug-likeness (QED) is 0.489. The Morgan fingerprint density at radius 2 is 1.95 bits per heavy atom. The number of hydrogen-bond acceptors (Lipinski definition) is 5. The third kappa shape index (κ3) is 6.87. The number of aliphatic hydroxyl groups excluding tert-OH is 1. The van der Waals surface area contributed by atoms with Crippen molar-refractivity contribution in [1.29, 1.82) is 0 Å². The van der Waals surface area contributed by atoms with E-state index in [9.17, 15) is 4.79 Å². The van der Waals surface area contributed by atoms with Crippen molar-refractivity contribution in [3.63, 3.8) is 0 Å². The lowest BCUT2D eigenvalue weighted by atomic mass is 10.1. The van der Waals surface area contributed by atoms with Gasteiger partial charge in [-0.2, -0.15) is 0 Å². The SMILES string of the molecule is CN1CCN(CCCC[C@H](NCCO)C(=O)O)CC1. The van der Waals surface area contributed by atoms with E-state index in [0.29, 0.717) is 13.0 Å². The number of hydrogen-bond donors (Lipinski definition) is 3. The molecule has 1 rings (SSSR count). The first kappa shape index (κ1) is 16.4. The molecule has 1 fully saturated rings. The number of piperazine rings is 1. The minimum absolute atomic E-state index is 0.0227. The van der Waals surface area contributed by atoms with Crippen molar-refractivity contribution >= 4 is 5.97 Å². The molecule has 0 aromatic carbocycles. The van der Waals surface area contributed by atoms with Crippen LogP contribution in [0.4, 0.5) is 0 Å². The molecule has 19 heavy (non-hydrogen) atoms. The molecule has 0 saturated carbocycles. The Morgan fingerprint density at radius 3 is 2.53 bits per heavy atom. The zero-order valence-electron chi connectivity index (χ0n) is 11.8. The second-order valence-corrected chi connectivity index (χ2v) is 5.21. The minimum atomic E-state index is -0.826. The van der Waals surface area contributed by atoms with Gasteiger partial charge in [-0.1, -0.05) is 6.42 Å². The highest BCUT2D eigenvalue weighted by Gasteiger charge is 2.16. The number of aliphatic hydroxyl groups is 1. The molecule has 0 aromatic heterocycles. The van der Waals surface area contributed by atoms with Crippen LogP contribution in [0.5, 0.6) is 0 Å². The Balaban J connectivity index is 2.09. The number of aliphatic carboxylic acids is 1. The fourth-order valence-corrected chi connectivity index (χ4v) is 2.31. The van der Waals surface area contributed by atoms with E-state index < -0.39 is 12.0 Å². The summed E-state index contributed by atoms with van der Waals surface area (Å²) in [5.41, 5.74) is 0. The van der Waals surface area contributed by atoms with Crippen molar-refractivity contribution in [2.75, 3.05) is 52.9 Å². The second-order valence-electron chi connectivity index (χ2n) is 5.21. The fourth-order valence-electron chi connectivity index (χ4n) is 2.31. The van der Waals surface area contributed by atoms with Gasteiger partial charge >= 0.3 is 5.97 Å². The van der Waals surface area contributed by atoms with Crippen LogP contribution in [0.1, 0.15) is 19.3 Å². The molecule has 112 valence electrons. The maximum Gasteiger partial charge on any atom is 0.320 e. The van der Waals surface area contributed by atoms with Gasteiger partial charge in [0, 0.05) is 32.7 Å². The molecular weight excluding hydrogens is 246 g/mol. The van der Waals surface area contributed by atoms with E-state index in [1.807, 2.05) is 0 Å². The van der Waals surface area contributed by atoms with Gasteiger partial charge in [-0.25, -0.2) is 0 Å². The zero-order chi connectivity index (χ0) is 14.1. The number of carboxylic acids is 1. The van der Waals surface area contributed by atoms with Crippen LogP contribution >= 0.6 is 0 Å². The molecule has 0 bridgehead atoms. The Morgan fingerprint density at radius 1 is 1.26 bits per heavy atom. The number of rotatable bonds is 9. The van der Waals surface area contributed by atoms with Gasteiger partial charge in [0.25, 0.3) is 0 Å². The molecule has 1 atom stereocenters. The maximum absolute atomic E-state index is 11.0. The van der Waals surface area contributed by atoms with Crippen molar-refractivity contribution in [3.05, 3.63) is 0 Å². The molecule has 0 unspecified atom stereocenters. The first-order valence-electron chi connectivity index (χ1n) is 7.11. The summed E-state index contributed by atoms with van der Waals surface area (Å²) in [7, 11) is 2.14. The molecule has 0 amide bonds. The summed E-state index contributed by atoms with van der Waals surface area (Å²) in [6.07, 6.45) is 2.57. The molecule has 6 nitrogen and oxygen atoms in total. The molecule has 1 saturated heterocycles. The van der Waals surface area contributed by atoms with Gasteiger partial charge in [-0.05, 0) is 26.4 Å². The van der Waals surface area contributed by atoms with E-state index in [2.05, 4.69) is 22.2 Å². The summed E-state index contributed by atoms with van der Waals surface area (Å²) in [5, 5.41) is 20.6. The van der Waals surface area contributed by atoms with Crippen LogP contribution in [-0.2, 0) is 4.79 Å². The number of nitrogens with zero attached hydrogens (tertiary/aromatic N) is 2. The number of carboxylic acid groups (broad SMARTS) is 1. The molecule has 1 aliphatic rings. The summed E-state index contributed by atoms with van der Waals surface area (Å²) in [6.45, 7) is 5.84. The molecule has 0 aromatic rings. The third-order valence-corrected chi connectivity index (χ3v) is 3.61. The average molecular weight is 273 g/mol. The number of carbonyl (C=O) groups is 1. The molecule has 0 radical (unpaired) electrons. The number of likely N-dealkylation sites (N-methyl/N-ethyl adjacent to an activating group) is 1. The fraction of sp³-hybridized carbons (Fsp3) is 0.923. The van der Waals surface area contributed by atoms with E-state index in [1.54, 1.807) is 0 Å². The summed E-state index contributed by atoms with van der Waals surface area (Å²) < 4.78 is 0. The summed E-state index contributed by atoms with van der Waals surface area (Å²) >= 11 is 0. The van der Waals surface area contributed by atoms with Crippen LogP contribution in [0.2, 0.25) is 0 Å². The van der Waals surface area contributed by atoms with Crippen molar-refractivity contribution < 1.29 is 15.0 Å². The van der Waals surface area contributed by atoms with Gasteiger partial charge in [-0.15, -0.1) is 0 Å². The first-order valence-corrected chi connectivity index (χ1v) is 7.11. The van der Waals surface area contributed by atoms with Crippen molar-refractivity contribution in [3.8, 4) is 0 Å². The Labute approximate surface area is 115 Å². The second kappa shape index (κ2) is 9.25. The van der Waals surface area contributed by atoms with Gasteiger partial charge < -0.3 is 25.3 Å². The highest BCUT2D eigenvalue weighted by molar-refractivity contribution is 5.73. The lowest BCUT2D eigenvalue weighted by molar-refractivity contribution is -0.139. The van der Waals surface area contributed by atoms with Crippen LogP contribution in [0.25, 0.3) is 0 Å². The van der Waals surface area contributed by atoms with E-state index >= 15 is 0 Å². The zero-order valence-corrected chi connectivity index (χ0v) is 11.8. The van der Waals surface area contributed by atoms with Crippen LogP contribution in [0, 0.1) is 0 Å². The summed E-state index contributed by atoms with van der Waals surface area (Å²) in [5.74, 6) is -0.826. The van der Waals surface area contributed by atoms with Gasteiger partial charge in [-0.3, -0.25) is 4.79 Å². The topological polar surface area (TPSA) is 76.0 Å². The van der Waals surface area contributed by atoms with Gasteiger partial charge in [0.05, 0.1) is 6.61 Å². The Bertz CT molecular complexity index is 256. The predicted molar refractivity (Wildman–Crippen MR) is 74.3 cm³/mol. The lowest BCUT2D eigenvalue weighted by Crippen LogP contribution is -2.44. The lowest BCUT2D eigenvalue weighted by Gasteiger charge is -2.32. The molecule has 3 N–H and O–H groups in total. The standard InChI is InChI=1S/C13H27N3O3/c1-15-7-9-16(10-8-15)6-3-2-4-12(13(18)19)14-5-11-17/h12,14,17H,2-11H2,1H3,(H,18,19)/t12-/m0/s1. The molecule has 1 aliphatic heterocycles. The largest absolute Gasteiger partial charge is 0.480 e. The van der Waals surface area contributed by atoms with E-state index in [-0.39, 0.29) is 6.61 Å². The number of nitrogens with one attached hydrogen (secondary N) is 1. The van der Waals surface area contributed by atoms with Crippen LogP contribution in [-0.4, -0.2) is 84.9 Å².